The number of aliphatic hydroxyl groups excluding tert-OH is 1. The van der Waals surface area contributed by atoms with Crippen LogP contribution in [0, 0.1) is 0 Å². The van der Waals surface area contributed by atoms with E-state index in [1.807, 2.05) is 14.0 Å². The highest BCUT2D eigenvalue weighted by molar-refractivity contribution is 5.95. The summed E-state index contributed by atoms with van der Waals surface area (Å²) in [5.74, 6) is 0.00602. The number of nitrogens with zero attached hydrogens (tertiary/aromatic N) is 3. The molecule has 17 heavy (non-hydrogen) atoms. The number of carbonyl (C=O) groups is 1. The molecule has 1 aliphatic heterocycles. The van der Waals surface area contributed by atoms with Gasteiger partial charge in [-0.05, 0) is 19.3 Å². The van der Waals surface area contributed by atoms with Crippen LogP contribution in [0.2, 0.25) is 0 Å². The minimum Gasteiger partial charge on any atom is -0.394 e. The van der Waals surface area contributed by atoms with Crippen LogP contribution in [0.15, 0.2) is 6.20 Å². The van der Waals surface area contributed by atoms with Crippen molar-refractivity contribution in [1.82, 2.24) is 14.7 Å². The summed E-state index contributed by atoms with van der Waals surface area (Å²) in [4.78, 5) is 14.1. The lowest BCUT2D eigenvalue weighted by molar-refractivity contribution is 0.0676. The van der Waals surface area contributed by atoms with Gasteiger partial charge in [-0.15, -0.1) is 0 Å². The maximum absolute atomic E-state index is 12.4. The van der Waals surface area contributed by atoms with Crippen LogP contribution in [-0.2, 0) is 13.5 Å². The molecule has 0 spiro atoms. The maximum Gasteiger partial charge on any atom is 0.257 e. The molecule has 1 atom stereocenters. The molecule has 1 aliphatic rings. The minimum absolute atomic E-state index is 0.00602. The fraction of sp³-hybridized carbons (Fsp3) is 0.667. The summed E-state index contributed by atoms with van der Waals surface area (Å²) < 4.78 is 1.68. The first kappa shape index (κ1) is 12.1. The molecule has 0 aromatic carbocycles. The van der Waals surface area contributed by atoms with Gasteiger partial charge in [0.25, 0.3) is 5.91 Å². The Morgan fingerprint density at radius 2 is 2.41 bits per heavy atom. The second-order valence-corrected chi connectivity index (χ2v) is 4.49. The molecule has 1 saturated heterocycles. The monoisotopic (exact) mass is 237 g/mol. The highest BCUT2D eigenvalue weighted by Crippen LogP contribution is 2.21. The van der Waals surface area contributed by atoms with Crippen LogP contribution in [0.4, 0.5) is 0 Å². The van der Waals surface area contributed by atoms with Crippen molar-refractivity contribution in [2.45, 2.75) is 32.2 Å². The Balaban J connectivity index is 2.24. The Morgan fingerprint density at radius 3 is 3.06 bits per heavy atom. The molecule has 1 N–H and O–H groups in total. The number of hydrogen-bond acceptors (Lipinski definition) is 3. The van der Waals surface area contributed by atoms with Crippen LogP contribution in [-0.4, -0.2) is 44.9 Å². The third-order valence-electron chi connectivity index (χ3n) is 3.32. The van der Waals surface area contributed by atoms with Crippen LogP contribution >= 0.6 is 0 Å². The molecule has 0 radical (unpaired) electrons. The van der Waals surface area contributed by atoms with Gasteiger partial charge in [-0.2, -0.15) is 5.10 Å². The van der Waals surface area contributed by atoms with E-state index in [0.717, 1.165) is 31.5 Å². The quantitative estimate of drug-likeness (QED) is 0.836. The van der Waals surface area contributed by atoms with Crippen LogP contribution in [0.3, 0.4) is 0 Å². The minimum atomic E-state index is -0.0209. The smallest absolute Gasteiger partial charge is 0.257 e. The lowest BCUT2D eigenvalue weighted by Gasteiger charge is -2.22. The first-order chi connectivity index (χ1) is 8.17. The number of aromatic nitrogens is 2. The van der Waals surface area contributed by atoms with Crippen molar-refractivity contribution in [3.8, 4) is 0 Å². The molecule has 1 aromatic heterocycles. The Kier molecular flexibility index (Phi) is 3.47. The number of likely N-dealkylation sites (tertiary alicyclic amines) is 1. The Morgan fingerprint density at radius 1 is 1.65 bits per heavy atom. The lowest BCUT2D eigenvalue weighted by Crippen LogP contribution is -2.37. The summed E-state index contributed by atoms with van der Waals surface area (Å²) in [5.41, 5.74) is 1.51. The van der Waals surface area contributed by atoms with Crippen LogP contribution < -0.4 is 0 Å². The third kappa shape index (κ3) is 2.20. The van der Waals surface area contributed by atoms with Gasteiger partial charge in [-0.1, -0.05) is 6.92 Å². The molecule has 0 aliphatic carbocycles. The van der Waals surface area contributed by atoms with Crippen LogP contribution in [0.5, 0.6) is 0 Å². The SMILES string of the molecule is CCc1nn(C)cc1C(=O)N1CCC[C@@H]1CO. The van der Waals surface area contributed by atoms with Crippen molar-refractivity contribution >= 4 is 5.91 Å². The Bertz CT molecular complexity index is 414. The third-order valence-corrected chi connectivity index (χ3v) is 3.32. The number of rotatable bonds is 3. The van der Waals surface area contributed by atoms with E-state index in [1.165, 1.54) is 0 Å². The molecule has 94 valence electrons. The maximum atomic E-state index is 12.4. The van der Waals surface area contributed by atoms with Crippen molar-refractivity contribution in [3.63, 3.8) is 0 Å². The van der Waals surface area contributed by atoms with E-state index in [4.69, 9.17) is 0 Å². The fourth-order valence-electron chi connectivity index (χ4n) is 2.42. The van der Waals surface area contributed by atoms with E-state index in [0.29, 0.717) is 5.56 Å². The summed E-state index contributed by atoms with van der Waals surface area (Å²) in [5, 5.41) is 13.5. The molecule has 0 bridgehead atoms. The first-order valence-electron chi connectivity index (χ1n) is 6.11. The zero-order valence-electron chi connectivity index (χ0n) is 10.4. The van der Waals surface area contributed by atoms with Crippen molar-refractivity contribution in [2.24, 2.45) is 7.05 Å². The van der Waals surface area contributed by atoms with Gasteiger partial charge in [0.05, 0.1) is 23.9 Å². The zero-order chi connectivity index (χ0) is 12.4. The van der Waals surface area contributed by atoms with Crippen molar-refractivity contribution in [2.75, 3.05) is 13.2 Å². The van der Waals surface area contributed by atoms with E-state index in [-0.39, 0.29) is 18.6 Å². The van der Waals surface area contributed by atoms with Crippen LogP contribution in [0.1, 0.15) is 35.8 Å². The van der Waals surface area contributed by atoms with Gasteiger partial charge in [-0.25, -0.2) is 0 Å². The Labute approximate surface area is 101 Å². The molecule has 5 heteroatoms. The molecule has 2 heterocycles. The predicted molar refractivity (Wildman–Crippen MR) is 63.7 cm³/mol. The predicted octanol–water partition coefficient (Wildman–Crippen LogP) is 0.579. The molecule has 5 nitrogen and oxygen atoms in total. The molecular weight excluding hydrogens is 218 g/mol. The number of amides is 1. The van der Waals surface area contributed by atoms with Gasteiger partial charge in [0.2, 0.25) is 0 Å². The number of aliphatic hydroxyl groups is 1. The Hall–Kier alpha value is -1.36. The molecule has 1 amide bonds. The molecule has 0 unspecified atom stereocenters. The average Bonchev–Trinajstić information content (AvgIpc) is 2.93. The summed E-state index contributed by atoms with van der Waals surface area (Å²) >= 11 is 0. The topological polar surface area (TPSA) is 58.4 Å². The fourth-order valence-corrected chi connectivity index (χ4v) is 2.42. The highest BCUT2D eigenvalue weighted by Gasteiger charge is 2.30. The highest BCUT2D eigenvalue weighted by atomic mass is 16.3. The number of aryl methyl sites for hydroxylation is 2. The van der Waals surface area contributed by atoms with Crippen molar-refractivity contribution < 1.29 is 9.90 Å². The number of carbonyl (C=O) groups excluding carboxylic acids is 1. The molecular formula is C12H19N3O2. The van der Waals surface area contributed by atoms with E-state index in [1.54, 1.807) is 15.8 Å². The van der Waals surface area contributed by atoms with Gasteiger partial charge < -0.3 is 10.0 Å². The van der Waals surface area contributed by atoms with Gasteiger partial charge >= 0.3 is 0 Å². The first-order valence-corrected chi connectivity index (χ1v) is 6.11. The summed E-state index contributed by atoms with van der Waals surface area (Å²) in [7, 11) is 1.82. The van der Waals surface area contributed by atoms with E-state index < -0.39 is 0 Å². The second kappa shape index (κ2) is 4.87. The van der Waals surface area contributed by atoms with Crippen molar-refractivity contribution in [3.05, 3.63) is 17.5 Å². The largest absolute Gasteiger partial charge is 0.394 e. The summed E-state index contributed by atoms with van der Waals surface area (Å²) in [6.07, 6.45) is 4.39. The van der Waals surface area contributed by atoms with Crippen molar-refractivity contribution in [1.29, 1.82) is 0 Å². The van der Waals surface area contributed by atoms with E-state index in [2.05, 4.69) is 5.10 Å². The molecule has 2 rings (SSSR count). The molecule has 1 aromatic rings. The average molecular weight is 237 g/mol. The van der Waals surface area contributed by atoms with Gasteiger partial charge in [0, 0.05) is 19.8 Å². The van der Waals surface area contributed by atoms with Gasteiger partial charge in [-0.3, -0.25) is 9.48 Å². The van der Waals surface area contributed by atoms with E-state index >= 15 is 0 Å². The molecule has 1 fully saturated rings. The van der Waals surface area contributed by atoms with Gasteiger partial charge in [0.15, 0.2) is 0 Å². The lowest BCUT2D eigenvalue weighted by atomic mass is 10.1. The normalized spacial score (nSPS) is 19.9. The summed E-state index contributed by atoms with van der Waals surface area (Å²) in [6, 6.07) is -0.0209. The number of hydrogen-bond donors (Lipinski definition) is 1. The van der Waals surface area contributed by atoms with E-state index in [9.17, 15) is 9.90 Å². The second-order valence-electron chi connectivity index (χ2n) is 4.49. The molecule has 0 saturated carbocycles. The standard InChI is InChI=1S/C12H19N3O2/c1-3-11-10(7-14(2)13-11)12(17)15-6-4-5-9(15)8-16/h7,9,16H,3-6,8H2,1-2H3/t9-/m1/s1. The summed E-state index contributed by atoms with van der Waals surface area (Å²) in [6.45, 7) is 2.78. The van der Waals surface area contributed by atoms with Crippen LogP contribution in [0.25, 0.3) is 0 Å². The zero-order valence-corrected chi connectivity index (χ0v) is 10.4. The van der Waals surface area contributed by atoms with Gasteiger partial charge in [0.1, 0.15) is 0 Å².